The van der Waals surface area contributed by atoms with Gasteiger partial charge < -0.3 is 10.2 Å². The molecule has 148 valence electrons. The molecule has 27 heavy (non-hydrogen) atoms. The van der Waals surface area contributed by atoms with Crippen LogP contribution in [0.15, 0.2) is 12.1 Å². The minimum absolute atomic E-state index is 0.386. The van der Waals surface area contributed by atoms with Crippen molar-refractivity contribution < 1.29 is 13.2 Å². The maximum atomic E-state index is 12.6. The molecule has 1 atom stereocenters. The monoisotopic (exact) mass is 391 g/mol. The van der Waals surface area contributed by atoms with Crippen LogP contribution in [0.3, 0.4) is 0 Å². The van der Waals surface area contributed by atoms with E-state index in [2.05, 4.69) is 34.0 Å². The molecule has 7 heteroatoms. The molecular weight excluding hydrogens is 362 g/mol. The van der Waals surface area contributed by atoms with Gasteiger partial charge in [-0.05, 0) is 87.2 Å². The van der Waals surface area contributed by atoms with Crippen molar-refractivity contribution in [1.82, 2.24) is 9.62 Å². The molecule has 1 heterocycles. The van der Waals surface area contributed by atoms with E-state index in [-0.39, 0.29) is 0 Å². The van der Waals surface area contributed by atoms with Crippen LogP contribution >= 0.6 is 0 Å². The SMILES string of the molecule is C[C@@H](c1ccc2c(c1NC(=O)NS(=O)(=O)C1CCN(C)CC1)CC2)C1CC1. The minimum Gasteiger partial charge on any atom is -0.307 e. The van der Waals surface area contributed by atoms with Crippen molar-refractivity contribution in [2.75, 3.05) is 25.5 Å². The van der Waals surface area contributed by atoms with E-state index in [0.29, 0.717) is 24.7 Å². The zero-order chi connectivity index (χ0) is 19.2. The highest BCUT2D eigenvalue weighted by Gasteiger charge is 2.34. The largest absolute Gasteiger partial charge is 0.332 e. The van der Waals surface area contributed by atoms with Crippen LogP contribution in [0.1, 0.15) is 55.2 Å². The molecule has 1 saturated carbocycles. The van der Waals surface area contributed by atoms with Crippen LogP contribution in [0.25, 0.3) is 0 Å². The number of likely N-dealkylation sites (tertiary alicyclic amines) is 1. The van der Waals surface area contributed by atoms with E-state index in [1.54, 1.807) is 0 Å². The van der Waals surface area contributed by atoms with Gasteiger partial charge in [-0.1, -0.05) is 19.1 Å². The molecule has 3 aliphatic rings. The Balaban J connectivity index is 1.49. The Kier molecular flexibility index (Phi) is 4.93. The number of carbonyl (C=O) groups is 1. The average Bonchev–Trinajstić information content (AvgIpc) is 3.40. The second kappa shape index (κ2) is 7.09. The van der Waals surface area contributed by atoms with Gasteiger partial charge in [-0.2, -0.15) is 0 Å². The number of fused-ring (bicyclic) bond motifs is 1. The van der Waals surface area contributed by atoms with Gasteiger partial charge in [0.1, 0.15) is 0 Å². The lowest BCUT2D eigenvalue weighted by atomic mass is 9.82. The Morgan fingerprint density at radius 3 is 2.44 bits per heavy atom. The molecule has 0 bridgehead atoms. The Hall–Kier alpha value is -1.60. The summed E-state index contributed by atoms with van der Waals surface area (Å²) >= 11 is 0. The molecule has 0 unspecified atom stereocenters. The first-order chi connectivity index (χ1) is 12.8. The number of anilines is 1. The summed E-state index contributed by atoms with van der Waals surface area (Å²) in [6.45, 7) is 3.68. The summed E-state index contributed by atoms with van der Waals surface area (Å²) in [7, 11) is -1.67. The Morgan fingerprint density at radius 2 is 1.85 bits per heavy atom. The van der Waals surface area contributed by atoms with E-state index in [9.17, 15) is 13.2 Å². The predicted molar refractivity (Wildman–Crippen MR) is 107 cm³/mol. The standard InChI is InChI=1S/C20H29N3O3S/c1-13(14-3-4-14)17-7-5-15-6-8-18(15)19(17)21-20(24)22-27(25,26)16-9-11-23(2)12-10-16/h5,7,13-14,16H,3-4,6,8-12H2,1-2H3,(H2,21,22,24)/t13-/m1/s1. The highest BCUT2D eigenvalue weighted by molar-refractivity contribution is 7.90. The van der Waals surface area contributed by atoms with Crippen LogP contribution in [0.5, 0.6) is 0 Å². The molecule has 1 saturated heterocycles. The molecule has 2 fully saturated rings. The fraction of sp³-hybridized carbons (Fsp3) is 0.650. The van der Waals surface area contributed by atoms with E-state index >= 15 is 0 Å². The quantitative estimate of drug-likeness (QED) is 0.809. The van der Waals surface area contributed by atoms with Gasteiger partial charge in [-0.25, -0.2) is 17.9 Å². The Labute approximate surface area is 161 Å². The van der Waals surface area contributed by atoms with Gasteiger partial charge in [0.25, 0.3) is 0 Å². The van der Waals surface area contributed by atoms with Gasteiger partial charge in [0.15, 0.2) is 0 Å². The molecule has 0 radical (unpaired) electrons. The lowest BCUT2D eigenvalue weighted by Gasteiger charge is -2.29. The molecule has 6 nitrogen and oxygen atoms in total. The Bertz CT molecular complexity index is 840. The third-order valence-corrected chi connectivity index (χ3v) is 8.30. The number of hydrogen-bond donors (Lipinski definition) is 2. The van der Waals surface area contributed by atoms with Crippen molar-refractivity contribution in [2.24, 2.45) is 5.92 Å². The Morgan fingerprint density at radius 1 is 1.15 bits per heavy atom. The predicted octanol–water partition coefficient (Wildman–Crippen LogP) is 2.84. The summed E-state index contributed by atoms with van der Waals surface area (Å²) in [5, 5.41) is 2.40. The fourth-order valence-electron chi connectivity index (χ4n) is 4.34. The number of piperidine rings is 1. The third-order valence-electron chi connectivity index (χ3n) is 6.48. The van der Waals surface area contributed by atoms with Crippen molar-refractivity contribution in [2.45, 2.75) is 56.6 Å². The van der Waals surface area contributed by atoms with Crippen LogP contribution < -0.4 is 10.0 Å². The second-order valence-corrected chi connectivity index (χ2v) is 10.4. The third kappa shape index (κ3) is 3.85. The van der Waals surface area contributed by atoms with E-state index in [0.717, 1.165) is 37.2 Å². The topological polar surface area (TPSA) is 78.5 Å². The lowest BCUT2D eigenvalue weighted by Crippen LogP contribution is -2.45. The van der Waals surface area contributed by atoms with Gasteiger partial charge in [0.2, 0.25) is 10.0 Å². The van der Waals surface area contributed by atoms with Gasteiger partial charge in [0.05, 0.1) is 5.25 Å². The number of nitrogens with zero attached hydrogens (tertiary/aromatic N) is 1. The number of carbonyl (C=O) groups excluding carboxylic acids is 1. The summed E-state index contributed by atoms with van der Waals surface area (Å²) in [4.78, 5) is 14.7. The van der Waals surface area contributed by atoms with Crippen molar-refractivity contribution in [3.05, 3.63) is 28.8 Å². The number of nitrogens with one attached hydrogen (secondary N) is 2. The summed E-state index contributed by atoms with van der Waals surface area (Å²) in [6, 6.07) is 3.64. The van der Waals surface area contributed by atoms with E-state index in [1.807, 2.05) is 7.05 Å². The maximum Gasteiger partial charge on any atom is 0.332 e. The molecule has 1 aromatic rings. The first-order valence-corrected chi connectivity index (χ1v) is 11.6. The molecule has 2 aliphatic carbocycles. The zero-order valence-corrected chi connectivity index (χ0v) is 16.9. The first-order valence-electron chi connectivity index (χ1n) is 10.0. The normalized spacial score (nSPS) is 21.9. The van der Waals surface area contributed by atoms with Crippen LogP contribution in [0.4, 0.5) is 10.5 Å². The molecule has 0 spiro atoms. The zero-order valence-electron chi connectivity index (χ0n) is 16.1. The summed E-state index contributed by atoms with van der Waals surface area (Å²) in [6.07, 6.45) is 5.55. The van der Waals surface area contributed by atoms with Crippen LogP contribution in [0.2, 0.25) is 0 Å². The minimum atomic E-state index is -3.66. The van der Waals surface area contributed by atoms with Crippen LogP contribution in [-0.2, 0) is 22.9 Å². The van der Waals surface area contributed by atoms with Gasteiger partial charge in [-0.3, -0.25) is 0 Å². The second-order valence-electron chi connectivity index (χ2n) is 8.40. The number of aryl methyl sites for hydroxylation is 1. The number of sulfonamides is 1. The molecule has 2 amide bonds. The molecule has 1 aromatic carbocycles. The van der Waals surface area contributed by atoms with E-state index < -0.39 is 21.3 Å². The molecule has 1 aliphatic heterocycles. The maximum absolute atomic E-state index is 12.6. The average molecular weight is 392 g/mol. The smallest absolute Gasteiger partial charge is 0.307 e. The van der Waals surface area contributed by atoms with Crippen molar-refractivity contribution in [3.63, 3.8) is 0 Å². The fourth-order valence-corrected chi connectivity index (χ4v) is 5.64. The summed E-state index contributed by atoms with van der Waals surface area (Å²) < 4.78 is 27.5. The van der Waals surface area contributed by atoms with Gasteiger partial charge >= 0.3 is 6.03 Å². The lowest BCUT2D eigenvalue weighted by molar-refractivity contribution is 0.255. The van der Waals surface area contributed by atoms with Crippen molar-refractivity contribution >= 4 is 21.7 Å². The van der Waals surface area contributed by atoms with Crippen LogP contribution in [-0.4, -0.2) is 44.7 Å². The molecular formula is C20H29N3O3S. The summed E-state index contributed by atoms with van der Waals surface area (Å²) in [5.41, 5.74) is 4.42. The van der Waals surface area contributed by atoms with Crippen molar-refractivity contribution in [3.8, 4) is 0 Å². The molecule has 0 aromatic heterocycles. The van der Waals surface area contributed by atoms with Gasteiger partial charge in [0, 0.05) is 5.69 Å². The molecule has 4 rings (SSSR count). The molecule has 2 N–H and O–H groups in total. The van der Waals surface area contributed by atoms with Crippen molar-refractivity contribution in [1.29, 1.82) is 0 Å². The number of hydrogen-bond acceptors (Lipinski definition) is 4. The highest BCUT2D eigenvalue weighted by atomic mass is 32.2. The summed E-state index contributed by atoms with van der Waals surface area (Å²) in [5.74, 6) is 1.06. The van der Waals surface area contributed by atoms with Crippen LogP contribution in [0, 0.1) is 5.92 Å². The van der Waals surface area contributed by atoms with E-state index in [1.165, 1.54) is 24.0 Å². The first kappa shape index (κ1) is 18.7. The van der Waals surface area contributed by atoms with Gasteiger partial charge in [-0.15, -0.1) is 0 Å². The number of urea groups is 1. The number of benzene rings is 1. The number of amides is 2. The van der Waals surface area contributed by atoms with E-state index in [4.69, 9.17) is 0 Å². The highest BCUT2D eigenvalue weighted by Crippen LogP contribution is 2.46. The number of rotatable bonds is 5.